The molecular formula is C27H29N9O4. The van der Waals surface area contributed by atoms with Gasteiger partial charge in [0.15, 0.2) is 5.69 Å². The maximum atomic E-state index is 13.2. The Bertz CT molecular complexity index is 1500. The molecular weight excluding hydrogens is 514 g/mol. The quantitative estimate of drug-likeness (QED) is 0.146. The first kappa shape index (κ1) is 26.7. The molecule has 0 unspecified atom stereocenters. The average molecular weight is 544 g/mol. The van der Waals surface area contributed by atoms with Crippen LogP contribution in [0.25, 0.3) is 5.82 Å². The number of benzene rings is 2. The highest BCUT2D eigenvalue weighted by molar-refractivity contribution is 6.01. The second-order valence-electron chi connectivity index (χ2n) is 9.65. The molecule has 2 aromatic heterocycles. The zero-order valence-corrected chi connectivity index (χ0v) is 22.1. The number of likely N-dealkylation sites (tertiary alicyclic amines) is 1. The van der Waals surface area contributed by atoms with Gasteiger partial charge in [0.2, 0.25) is 11.6 Å². The van der Waals surface area contributed by atoms with E-state index in [1.54, 1.807) is 55.5 Å². The minimum Gasteiger partial charge on any atom is -0.423 e. The van der Waals surface area contributed by atoms with Gasteiger partial charge in [-0.05, 0) is 91.0 Å². The largest absolute Gasteiger partial charge is 0.423 e. The molecule has 1 aliphatic heterocycles. The summed E-state index contributed by atoms with van der Waals surface area (Å²) in [6, 6.07) is 15.6. The van der Waals surface area contributed by atoms with Crippen molar-refractivity contribution in [3.63, 3.8) is 0 Å². The summed E-state index contributed by atoms with van der Waals surface area (Å²) in [5, 5.41) is 19.9. The number of esters is 1. The molecule has 0 spiro atoms. The summed E-state index contributed by atoms with van der Waals surface area (Å²) in [5.74, 6) is 0.271. The van der Waals surface area contributed by atoms with Crippen LogP contribution >= 0.6 is 0 Å². The van der Waals surface area contributed by atoms with E-state index in [-0.39, 0.29) is 17.3 Å². The number of nitrogens with two attached hydrogens (primary N) is 1. The van der Waals surface area contributed by atoms with Crippen molar-refractivity contribution in [1.82, 2.24) is 35.6 Å². The van der Waals surface area contributed by atoms with Gasteiger partial charge < -0.3 is 10.5 Å². The van der Waals surface area contributed by atoms with E-state index in [1.807, 2.05) is 6.07 Å². The van der Waals surface area contributed by atoms with Crippen LogP contribution in [-0.4, -0.2) is 60.9 Å². The fraction of sp³-hybridized carbons (Fsp3) is 0.296. The van der Waals surface area contributed by atoms with Gasteiger partial charge in [-0.25, -0.2) is 14.8 Å². The minimum absolute atomic E-state index is 0.0390. The van der Waals surface area contributed by atoms with Crippen LogP contribution < -0.4 is 15.9 Å². The molecule has 0 radical (unpaired) electrons. The maximum absolute atomic E-state index is 13.2. The number of hydrogen-bond donors (Lipinski definition) is 2. The highest BCUT2D eigenvalue weighted by Gasteiger charge is 2.27. The predicted octanol–water partition coefficient (Wildman–Crippen LogP) is 2.84. The van der Waals surface area contributed by atoms with E-state index >= 15 is 0 Å². The Morgan fingerprint density at radius 2 is 1.80 bits per heavy atom. The van der Waals surface area contributed by atoms with Crippen molar-refractivity contribution < 1.29 is 19.0 Å². The van der Waals surface area contributed by atoms with Crippen LogP contribution in [0.1, 0.15) is 58.8 Å². The van der Waals surface area contributed by atoms with Gasteiger partial charge in [-0.15, -0.1) is 5.10 Å². The molecule has 0 aliphatic carbocycles. The number of carbonyl (C=O) groups excluding carboxylic acids is 2. The molecule has 2 aromatic carbocycles. The van der Waals surface area contributed by atoms with Crippen molar-refractivity contribution in [2.45, 2.75) is 33.2 Å². The van der Waals surface area contributed by atoms with Gasteiger partial charge in [-0.1, -0.05) is 30.3 Å². The Hall–Kier alpha value is -4.91. The zero-order valence-electron chi connectivity index (χ0n) is 22.1. The molecule has 13 heteroatoms. The first-order valence-corrected chi connectivity index (χ1v) is 12.9. The maximum Gasteiger partial charge on any atom is 0.343 e. The van der Waals surface area contributed by atoms with Crippen LogP contribution in [0, 0.1) is 5.92 Å². The van der Waals surface area contributed by atoms with Gasteiger partial charge in [-0.3, -0.25) is 9.69 Å². The van der Waals surface area contributed by atoms with Gasteiger partial charge in [0.05, 0.1) is 17.0 Å². The van der Waals surface area contributed by atoms with Gasteiger partial charge in [0.25, 0.3) is 5.91 Å². The minimum atomic E-state index is -0.533. The fourth-order valence-electron chi connectivity index (χ4n) is 4.32. The number of ether oxygens (including phenoxy) is 1. The summed E-state index contributed by atoms with van der Waals surface area (Å²) in [6.45, 7) is 6.16. The first-order valence-electron chi connectivity index (χ1n) is 12.9. The number of nitrogen functional groups attached to an aromatic ring is 1. The lowest BCUT2D eigenvalue weighted by Crippen LogP contribution is -2.34. The molecule has 0 bridgehead atoms. The number of aromatic nitrogens is 5. The number of anilines is 1. The van der Waals surface area contributed by atoms with Crippen molar-refractivity contribution in [2.75, 3.05) is 18.8 Å². The predicted molar refractivity (Wildman–Crippen MR) is 145 cm³/mol. The third-order valence-corrected chi connectivity index (χ3v) is 6.74. The third-order valence-electron chi connectivity index (χ3n) is 6.74. The van der Waals surface area contributed by atoms with E-state index in [4.69, 9.17) is 15.1 Å². The van der Waals surface area contributed by atoms with E-state index in [1.165, 1.54) is 4.68 Å². The smallest absolute Gasteiger partial charge is 0.343 e. The monoisotopic (exact) mass is 543 g/mol. The molecule has 0 saturated carbocycles. The molecule has 3 heterocycles. The molecule has 3 N–H and O–H groups in total. The Morgan fingerprint density at radius 3 is 2.48 bits per heavy atom. The Labute approximate surface area is 229 Å². The van der Waals surface area contributed by atoms with E-state index < -0.39 is 11.9 Å². The molecule has 4 aromatic rings. The number of piperidine rings is 1. The van der Waals surface area contributed by atoms with E-state index in [9.17, 15) is 9.59 Å². The summed E-state index contributed by atoms with van der Waals surface area (Å²) >= 11 is 0. The summed E-state index contributed by atoms with van der Waals surface area (Å²) in [7, 11) is 0. The van der Waals surface area contributed by atoms with E-state index in [0.717, 1.165) is 31.5 Å². The lowest BCUT2D eigenvalue weighted by molar-refractivity contribution is 0.0734. The SMILES string of the molecule is CC(=NNC(=O)c1nnn(-c2nonc2N)c1CN1CCC(C)CC1)c1ccc(OC(=O)c2ccccc2)cc1. The molecule has 1 amide bonds. The van der Waals surface area contributed by atoms with Crippen molar-refractivity contribution in [3.8, 4) is 11.6 Å². The van der Waals surface area contributed by atoms with E-state index in [0.29, 0.717) is 35.2 Å². The normalized spacial score (nSPS) is 14.7. The van der Waals surface area contributed by atoms with Crippen molar-refractivity contribution in [1.29, 1.82) is 0 Å². The lowest BCUT2D eigenvalue weighted by atomic mass is 9.99. The zero-order chi connectivity index (χ0) is 28.1. The Balaban J connectivity index is 1.29. The lowest BCUT2D eigenvalue weighted by Gasteiger charge is -2.30. The number of amides is 1. The molecule has 1 fully saturated rings. The first-order chi connectivity index (χ1) is 19.4. The van der Waals surface area contributed by atoms with Gasteiger partial charge in [0.1, 0.15) is 5.75 Å². The van der Waals surface area contributed by atoms with E-state index in [2.05, 4.69) is 43.0 Å². The van der Waals surface area contributed by atoms with Gasteiger partial charge >= 0.3 is 5.97 Å². The molecule has 1 saturated heterocycles. The number of nitrogens with zero attached hydrogens (tertiary/aromatic N) is 7. The summed E-state index contributed by atoms with van der Waals surface area (Å²) in [4.78, 5) is 27.7. The topological polar surface area (TPSA) is 167 Å². The van der Waals surface area contributed by atoms with Crippen LogP contribution in [0.5, 0.6) is 5.75 Å². The number of rotatable bonds is 8. The van der Waals surface area contributed by atoms with Crippen molar-refractivity contribution in [2.24, 2.45) is 11.0 Å². The van der Waals surface area contributed by atoms with Crippen LogP contribution in [0.3, 0.4) is 0 Å². The Kier molecular flexibility index (Phi) is 7.92. The van der Waals surface area contributed by atoms with Gasteiger partial charge in [0, 0.05) is 6.54 Å². The summed E-state index contributed by atoms with van der Waals surface area (Å²) in [6.07, 6.45) is 2.12. The summed E-state index contributed by atoms with van der Waals surface area (Å²) < 4.78 is 11.5. The molecule has 206 valence electrons. The van der Waals surface area contributed by atoms with Crippen LogP contribution in [0.2, 0.25) is 0 Å². The highest BCUT2D eigenvalue weighted by atomic mass is 16.6. The standard InChI is InChI=1S/C27H29N9O4/c1-17-12-14-35(15-13-17)16-22-23(30-34-36(22)25-24(28)32-40-33-25)26(37)31-29-18(2)19-8-10-21(11-9-19)39-27(38)20-6-4-3-5-7-20/h3-11,17H,12-16H2,1-2H3,(H2,28,32)(H,31,37). The fourth-order valence-corrected chi connectivity index (χ4v) is 4.32. The summed E-state index contributed by atoms with van der Waals surface area (Å²) in [5.41, 5.74) is 10.8. The van der Waals surface area contributed by atoms with Crippen LogP contribution in [0.4, 0.5) is 5.82 Å². The molecule has 5 rings (SSSR count). The van der Waals surface area contributed by atoms with Crippen molar-refractivity contribution >= 4 is 23.4 Å². The molecule has 13 nitrogen and oxygen atoms in total. The number of hydrazone groups is 1. The average Bonchev–Trinajstić information content (AvgIpc) is 3.59. The number of nitrogens with one attached hydrogen (secondary N) is 1. The Morgan fingerprint density at radius 1 is 1.07 bits per heavy atom. The second kappa shape index (κ2) is 11.9. The molecule has 0 atom stereocenters. The van der Waals surface area contributed by atoms with Crippen LogP contribution in [0.15, 0.2) is 64.3 Å². The third kappa shape index (κ3) is 6.04. The van der Waals surface area contributed by atoms with Crippen molar-refractivity contribution in [3.05, 3.63) is 77.1 Å². The second-order valence-corrected chi connectivity index (χ2v) is 9.65. The number of hydrogen-bond acceptors (Lipinski definition) is 11. The molecule has 1 aliphatic rings. The number of carbonyl (C=O) groups is 2. The van der Waals surface area contributed by atoms with Gasteiger partial charge in [-0.2, -0.15) is 9.78 Å². The highest BCUT2D eigenvalue weighted by Crippen LogP contribution is 2.22. The molecule has 40 heavy (non-hydrogen) atoms. The van der Waals surface area contributed by atoms with Crippen LogP contribution in [-0.2, 0) is 6.54 Å².